The van der Waals surface area contributed by atoms with Crippen LogP contribution in [0.15, 0.2) is 24.3 Å². The van der Waals surface area contributed by atoms with Gasteiger partial charge in [0.15, 0.2) is 0 Å². The molecule has 112 valence electrons. The van der Waals surface area contributed by atoms with Gasteiger partial charge in [0.25, 0.3) is 0 Å². The van der Waals surface area contributed by atoms with Crippen molar-refractivity contribution in [2.75, 3.05) is 13.2 Å². The van der Waals surface area contributed by atoms with Crippen molar-refractivity contribution in [1.29, 1.82) is 0 Å². The monoisotopic (exact) mass is 287 g/mol. The number of benzene rings is 1. The van der Waals surface area contributed by atoms with Crippen LogP contribution in [0.3, 0.4) is 0 Å². The van der Waals surface area contributed by atoms with Crippen molar-refractivity contribution in [2.24, 2.45) is 5.92 Å². The minimum atomic E-state index is -0.343. The highest BCUT2D eigenvalue weighted by Crippen LogP contribution is 2.21. The smallest absolute Gasteiger partial charge is 0.249 e. The van der Waals surface area contributed by atoms with Gasteiger partial charge in [0.2, 0.25) is 5.91 Å². The van der Waals surface area contributed by atoms with Crippen molar-refractivity contribution in [3.8, 4) is 11.8 Å². The van der Waals surface area contributed by atoms with Crippen LogP contribution in [-0.2, 0) is 9.53 Å². The second kappa shape index (κ2) is 7.26. The summed E-state index contributed by atoms with van der Waals surface area (Å²) < 4.78 is 5.48. The Morgan fingerprint density at radius 3 is 3.05 bits per heavy atom. The Kier molecular flexibility index (Phi) is 5.38. The molecule has 1 aromatic carbocycles. The molecule has 2 rings (SSSR count). The predicted octanol–water partition coefficient (Wildman–Crippen LogP) is 1.63. The molecule has 3 unspecified atom stereocenters. The second-order valence-corrected chi connectivity index (χ2v) is 5.37. The van der Waals surface area contributed by atoms with Gasteiger partial charge in [-0.3, -0.25) is 4.79 Å². The van der Waals surface area contributed by atoms with Crippen molar-refractivity contribution in [2.45, 2.75) is 32.4 Å². The molecule has 0 spiro atoms. The summed E-state index contributed by atoms with van der Waals surface area (Å²) in [6, 6.07) is 7.54. The molecule has 0 radical (unpaired) electrons. The first kappa shape index (κ1) is 15.6. The maximum atomic E-state index is 12.2. The summed E-state index contributed by atoms with van der Waals surface area (Å²) in [6.45, 7) is 4.47. The predicted molar refractivity (Wildman–Crippen MR) is 80.5 cm³/mol. The van der Waals surface area contributed by atoms with E-state index < -0.39 is 0 Å². The van der Waals surface area contributed by atoms with Crippen LogP contribution < -0.4 is 5.32 Å². The molecule has 1 aliphatic rings. The molecule has 0 aromatic heterocycles. The molecule has 4 nitrogen and oxygen atoms in total. The zero-order chi connectivity index (χ0) is 15.2. The van der Waals surface area contributed by atoms with Gasteiger partial charge >= 0.3 is 0 Å². The van der Waals surface area contributed by atoms with Crippen LogP contribution in [-0.4, -0.2) is 30.3 Å². The summed E-state index contributed by atoms with van der Waals surface area (Å²) in [4.78, 5) is 12.2. The van der Waals surface area contributed by atoms with Gasteiger partial charge in [0.1, 0.15) is 12.7 Å². The molecule has 1 heterocycles. The Bertz CT molecular complexity index is 559. The zero-order valence-corrected chi connectivity index (χ0v) is 12.4. The highest BCUT2D eigenvalue weighted by Gasteiger charge is 2.31. The maximum absolute atomic E-state index is 12.2. The van der Waals surface area contributed by atoms with Crippen LogP contribution in [0.2, 0.25) is 0 Å². The molecule has 0 saturated carbocycles. The summed E-state index contributed by atoms with van der Waals surface area (Å²) in [5.41, 5.74) is 1.81. The summed E-state index contributed by atoms with van der Waals surface area (Å²) in [5, 5.41) is 11.7. The highest BCUT2D eigenvalue weighted by molar-refractivity contribution is 5.81. The van der Waals surface area contributed by atoms with E-state index in [1.165, 1.54) is 0 Å². The van der Waals surface area contributed by atoms with E-state index in [-0.39, 0.29) is 30.6 Å². The van der Waals surface area contributed by atoms with E-state index >= 15 is 0 Å². The van der Waals surface area contributed by atoms with Gasteiger partial charge in [-0.1, -0.05) is 30.9 Å². The third-order valence-corrected chi connectivity index (χ3v) is 3.70. The molecule has 4 heteroatoms. The highest BCUT2D eigenvalue weighted by atomic mass is 16.5. The van der Waals surface area contributed by atoms with Crippen molar-refractivity contribution < 1.29 is 14.6 Å². The average molecular weight is 287 g/mol. The van der Waals surface area contributed by atoms with Crippen molar-refractivity contribution in [3.05, 3.63) is 35.4 Å². The van der Waals surface area contributed by atoms with Crippen molar-refractivity contribution in [1.82, 2.24) is 5.32 Å². The van der Waals surface area contributed by atoms with E-state index in [9.17, 15) is 4.79 Å². The van der Waals surface area contributed by atoms with Gasteiger partial charge in [-0.05, 0) is 37.0 Å². The SMILES string of the molecule is CC(NC(=O)C1OCCC1C)c1cccc(C#CCO)c1. The second-order valence-electron chi connectivity index (χ2n) is 5.37. The number of nitrogens with one attached hydrogen (secondary N) is 1. The average Bonchev–Trinajstić information content (AvgIpc) is 2.91. The number of aliphatic hydroxyl groups is 1. The normalized spacial score (nSPS) is 22.2. The lowest BCUT2D eigenvalue weighted by atomic mass is 10.0. The van der Waals surface area contributed by atoms with Gasteiger partial charge in [-0.15, -0.1) is 0 Å². The van der Waals surface area contributed by atoms with Gasteiger partial charge in [-0.2, -0.15) is 0 Å². The van der Waals surface area contributed by atoms with E-state index in [4.69, 9.17) is 9.84 Å². The summed E-state index contributed by atoms with van der Waals surface area (Å²) >= 11 is 0. The molecule has 1 fully saturated rings. The van der Waals surface area contributed by atoms with Gasteiger partial charge in [0, 0.05) is 12.2 Å². The third-order valence-electron chi connectivity index (χ3n) is 3.70. The first-order chi connectivity index (χ1) is 10.1. The van der Waals surface area contributed by atoms with Crippen LogP contribution >= 0.6 is 0 Å². The Hall–Kier alpha value is -1.83. The van der Waals surface area contributed by atoms with Crippen LogP contribution in [0.1, 0.15) is 37.4 Å². The van der Waals surface area contributed by atoms with Crippen LogP contribution in [0.4, 0.5) is 0 Å². The number of ether oxygens (including phenoxy) is 1. The Morgan fingerprint density at radius 2 is 2.38 bits per heavy atom. The van der Waals surface area contributed by atoms with Gasteiger partial charge < -0.3 is 15.2 Å². The summed E-state index contributed by atoms with van der Waals surface area (Å²) in [5.74, 6) is 5.69. The lowest BCUT2D eigenvalue weighted by Gasteiger charge is -2.19. The molecule has 21 heavy (non-hydrogen) atoms. The van der Waals surface area contributed by atoms with Gasteiger partial charge in [0.05, 0.1) is 6.04 Å². The molecule has 0 bridgehead atoms. The summed E-state index contributed by atoms with van der Waals surface area (Å²) in [7, 11) is 0. The number of carbonyl (C=O) groups is 1. The van der Waals surface area contributed by atoms with Crippen LogP contribution in [0.25, 0.3) is 0 Å². The fourth-order valence-corrected chi connectivity index (χ4v) is 2.44. The summed E-state index contributed by atoms with van der Waals surface area (Å²) in [6.07, 6.45) is 0.587. The number of carbonyl (C=O) groups excluding carboxylic acids is 1. The number of aliphatic hydroxyl groups excluding tert-OH is 1. The Labute approximate surface area is 125 Å². The number of rotatable bonds is 3. The quantitative estimate of drug-likeness (QED) is 0.831. The lowest BCUT2D eigenvalue weighted by Crippen LogP contribution is -2.38. The van der Waals surface area contributed by atoms with Crippen LogP contribution in [0, 0.1) is 17.8 Å². The molecule has 1 saturated heterocycles. The largest absolute Gasteiger partial charge is 0.384 e. The molecule has 1 amide bonds. The lowest BCUT2D eigenvalue weighted by molar-refractivity contribution is -0.132. The molecule has 1 aromatic rings. The first-order valence-corrected chi connectivity index (χ1v) is 7.23. The minimum Gasteiger partial charge on any atom is -0.384 e. The fraction of sp³-hybridized carbons (Fsp3) is 0.471. The van der Waals surface area contributed by atoms with E-state index in [1.54, 1.807) is 0 Å². The van der Waals surface area contributed by atoms with E-state index in [0.29, 0.717) is 6.61 Å². The first-order valence-electron chi connectivity index (χ1n) is 7.23. The molecule has 3 atom stereocenters. The molecular weight excluding hydrogens is 266 g/mol. The molecular formula is C17H21NO3. The van der Waals surface area contributed by atoms with E-state index in [0.717, 1.165) is 17.5 Å². The van der Waals surface area contributed by atoms with Crippen molar-refractivity contribution in [3.63, 3.8) is 0 Å². The van der Waals surface area contributed by atoms with E-state index in [2.05, 4.69) is 17.2 Å². The minimum absolute atomic E-state index is 0.0562. The molecule has 0 aliphatic carbocycles. The Balaban J connectivity index is 2.02. The van der Waals surface area contributed by atoms with Gasteiger partial charge in [-0.25, -0.2) is 0 Å². The molecule has 1 aliphatic heterocycles. The fourth-order valence-electron chi connectivity index (χ4n) is 2.44. The number of hydrogen-bond acceptors (Lipinski definition) is 3. The number of amides is 1. The van der Waals surface area contributed by atoms with Crippen LogP contribution in [0.5, 0.6) is 0 Å². The van der Waals surface area contributed by atoms with Crippen molar-refractivity contribution >= 4 is 5.91 Å². The number of hydrogen-bond donors (Lipinski definition) is 2. The molecule has 2 N–H and O–H groups in total. The zero-order valence-electron chi connectivity index (χ0n) is 12.4. The van der Waals surface area contributed by atoms with E-state index in [1.807, 2.05) is 38.1 Å². The maximum Gasteiger partial charge on any atom is 0.249 e. The Morgan fingerprint density at radius 1 is 1.57 bits per heavy atom. The third kappa shape index (κ3) is 4.07. The standard InChI is InChI=1S/C17H21NO3/c1-12-8-10-21-16(12)17(20)18-13(2)15-7-3-5-14(11-15)6-4-9-19/h3,5,7,11-13,16,19H,8-10H2,1-2H3,(H,18,20). The topological polar surface area (TPSA) is 58.6 Å².